The van der Waals surface area contributed by atoms with Crippen LogP contribution in [0.2, 0.25) is 0 Å². The molecule has 0 radical (unpaired) electrons. The predicted octanol–water partition coefficient (Wildman–Crippen LogP) is 1.25. The average Bonchev–Trinajstić information content (AvgIpc) is 1.93. The van der Waals surface area contributed by atoms with E-state index in [-0.39, 0.29) is 11.4 Å². The molecular weight excluding hydrogens is 138 g/mol. The van der Waals surface area contributed by atoms with E-state index in [4.69, 9.17) is 5.73 Å². The Kier molecular flexibility index (Phi) is 1.53. The van der Waals surface area contributed by atoms with Gasteiger partial charge < -0.3 is 5.73 Å². The number of nitrogens with two attached hydrogens (primary N) is 1. The second-order valence-electron chi connectivity index (χ2n) is 1.93. The second kappa shape index (κ2) is 2.21. The van der Waals surface area contributed by atoms with Gasteiger partial charge in [-0.3, -0.25) is 0 Å². The molecule has 2 nitrogen and oxygen atoms in total. The summed E-state index contributed by atoms with van der Waals surface area (Å²) >= 11 is 0. The van der Waals surface area contributed by atoms with E-state index in [0.29, 0.717) is 0 Å². The molecule has 54 valence electrons. The molecule has 0 aliphatic rings. The number of rotatable bonds is 0. The first-order valence-electron chi connectivity index (χ1n) is 2.69. The fraction of sp³-hybridized carbons (Fsp3) is 0.167. The van der Waals surface area contributed by atoms with Crippen molar-refractivity contribution in [1.29, 1.82) is 0 Å². The standard InChI is InChI=1S/C6H6F2N2/c1-3-4(7)2-10-6(9)5(3)8/h2H,1H3,(H2,9,10). The molecule has 0 unspecified atom stereocenters. The summed E-state index contributed by atoms with van der Waals surface area (Å²) in [4.78, 5) is 3.27. The maximum atomic E-state index is 12.6. The van der Waals surface area contributed by atoms with Crippen LogP contribution in [-0.2, 0) is 0 Å². The van der Waals surface area contributed by atoms with Crippen LogP contribution in [0, 0.1) is 18.6 Å². The Balaban J connectivity index is 3.34. The van der Waals surface area contributed by atoms with Crippen molar-refractivity contribution in [3.63, 3.8) is 0 Å². The molecule has 0 fully saturated rings. The van der Waals surface area contributed by atoms with Crippen molar-refractivity contribution in [2.75, 3.05) is 5.73 Å². The molecule has 1 rings (SSSR count). The lowest BCUT2D eigenvalue weighted by Gasteiger charge is -1.98. The van der Waals surface area contributed by atoms with E-state index in [1.54, 1.807) is 0 Å². The predicted molar refractivity (Wildman–Crippen MR) is 33.3 cm³/mol. The van der Waals surface area contributed by atoms with Gasteiger partial charge in [0.25, 0.3) is 0 Å². The van der Waals surface area contributed by atoms with Crippen LogP contribution in [0.3, 0.4) is 0 Å². The number of nitrogens with zero attached hydrogens (tertiary/aromatic N) is 1. The SMILES string of the molecule is Cc1c(F)cnc(N)c1F. The second-order valence-corrected chi connectivity index (χ2v) is 1.93. The lowest BCUT2D eigenvalue weighted by Crippen LogP contribution is -1.99. The maximum absolute atomic E-state index is 12.6. The summed E-state index contributed by atoms with van der Waals surface area (Å²) in [5.41, 5.74) is 4.95. The van der Waals surface area contributed by atoms with Gasteiger partial charge in [-0.15, -0.1) is 0 Å². The number of halogens is 2. The third kappa shape index (κ3) is 0.920. The highest BCUT2D eigenvalue weighted by atomic mass is 19.1. The molecule has 4 heteroatoms. The van der Waals surface area contributed by atoms with Crippen molar-refractivity contribution in [2.45, 2.75) is 6.92 Å². The highest BCUT2D eigenvalue weighted by molar-refractivity contribution is 5.34. The molecule has 0 aromatic carbocycles. The first-order valence-corrected chi connectivity index (χ1v) is 2.69. The Labute approximate surface area is 56.7 Å². The Morgan fingerprint density at radius 3 is 2.60 bits per heavy atom. The lowest BCUT2D eigenvalue weighted by molar-refractivity contribution is 0.562. The summed E-state index contributed by atoms with van der Waals surface area (Å²) in [5.74, 6) is -1.72. The summed E-state index contributed by atoms with van der Waals surface area (Å²) in [5, 5.41) is 0. The summed E-state index contributed by atoms with van der Waals surface area (Å²) in [7, 11) is 0. The topological polar surface area (TPSA) is 38.9 Å². The zero-order valence-electron chi connectivity index (χ0n) is 5.36. The number of hydrogen-bond acceptors (Lipinski definition) is 2. The van der Waals surface area contributed by atoms with Crippen molar-refractivity contribution < 1.29 is 8.78 Å². The van der Waals surface area contributed by atoms with Gasteiger partial charge in [-0.05, 0) is 6.92 Å². The molecule has 0 saturated carbocycles. The zero-order valence-corrected chi connectivity index (χ0v) is 5.36. The summed E-state index contributed by atoms with van der Waals surface area (Å²) in [6.45, 7) is 1.31. The minimum atomic E-state index is -0.778. The molecular formula is C6H6F2N2. The highest BCUT2D eigenvalue weighted by Gasteiger charge is 2.06. The normalized spacial score (nSPS) is 9.90. The average molecular weight is 144 g/mol. The molecule has 1 aromatic rings. The van der Waals surface area contributed by atoms with Gasteiger partial charge in [-0.1, -0.05) is 0 Å². The Morgan fingerprint density at radius 1 is 1.50 bits per heavy atom. The highest BCUT2D eigenvalue weighted by Crippen LogP contribution is 2.13. The minimum Gasteiger partial charge on any atom is -0.381 e. The summed E-state index contributed by atoms with van der Waals surface area (Å²) in [6.07, 6.45) is 0.897. The van der Waals surface area contributed by atoms with Crippen molar-refractivity contribution in [2.24, 2.45) is 0 Å². The van der Waals surface area contributed by atoms with Crippen molar-refractivity contribution in [3.05, 3.63) is 23.4 Å². The molecule has 2 N–H and O–H groups in total. The van der Waals surface area contributed by atoms with E-state index < -0.39 is 11.6 Å². The van der Waals surface area contributed by atoms with E-state index in [0.717, 1.165) is 6.20 Å². The van der Waals surface area contributed by atoms with E-state index >= 15 is 0 Å². The first kappa shape index (κ1) is 6.92. The molecule has 1 aromatic heterocycles. The Hall–Kier alpha value is -1.19. The fourth-order valence-electron chi connectivity index (χ4n) is 0.577. The van der Waals surface area contributed by atoms with Gasteiger partial charge in [0, 0.05) is 5.56 Å². The van der Waals surface area contributed by atoms with Crippen LogP contribution in [0.25, 0.3) is 0 Å². The van der Waals surface area contributed by atoms with Crippen LogP contribution in [0.5, 0.6) is 0 Å². The quantitative estimate of drug-likeness (QED) is 0.595. The molecule has 0 amide bonds. The van der Waals surface area contributed by atoms with Gasteiger partial charge in [-0.2, -0.15) is 0 Å². The van der Waals surface area contributed by atoms with Gasteiger partial charge in [0.1, 0.15) is 5.82 Å². The van der Waals surface area contributed by atoms with Crippen LogP contribution in [0.4, 0.5) is 14.6 Å². The van der Waals surface area contributed by atoms with Crippen LogP contribution >= 0.6 is 0 Å². The van der Waals surface area contributed by atoms with Gasteiger partial charge in [0.15, 0.2) is 11.6 Å². The van der Waals surface area contributed by atoms with Crippen LogP contribution in [0.15, 0.2) is 6.20 Å². The van der Waals surface area contributed by atoms with Crippen molar-refractivity contribution in [1.82, 2.24) is 4.98 Å². The molecule has 0 saturated heterocycles. The van der Waals surface area contributed by atoms with E-state index in [2.05, 4.69) is 4.98 Å². The van der Waals surface area contributed by atoms with E-state index in [1.165, 1.54) is 6.92 Å². The third-order valence-electron chi connectivity index (χ3n) is 1.23. The van der Waals surface area contributed by atoms with Crippen LogP contribution < -0.4 is 5.73 Å². The number of aromatic nitrogens is 1. The minimum absolute atomic E-state index is 0.0903. The Morgan fingerprint density at radius 2 is 2.10 bits per heavy atom. The molecule has 0 bridgehead atoms. The number of nitrogen functional groups attached to an aromatic ring is 1. The monoisotopic (exact) mass is 144 g/mol. The largest absolute Gasteiger partial charge is 0.381 e. The van der Waals surface area contributed by atoms with Gasteiger partial charge in [-0.25, -0.2) is 13.8 Å². The zero-order chi connectivity index (χ0) is 7.72. The summed E-state index contributed by atoms with van der Waals surface area (Å²) < 4.78 is 25.0. The molecule has 0 atom stereocenters. The lowest BCUT2D eigenvalue weighted by atomic mass is 10.3. The van der Waals surface area contributed by atoms with Crippen molar-refractivity contribution in [3.8, 4) is 0 Å². The molecule has 0 aliphatic carbocycles. The molecule has 0 spiro atoms. The van der Waals surface area contributed by atoms with Gasteiger partial charge >= 0.3 is 0 Å². The van der Waals surface area contributed by atoms with Crippen molar-refractivity contribution >= 4 is 5.82 Å². The fourth-order valence-corrected chi connectivity index (χ4v) is 0.577. The smallest absolute Gasteiger partial charge is 0.171 e. The number of hydrogen-bond donors (Lipinski definition) is 1. The third-order valence-corrected chi connectivity index (χ3v) is 1.23. The van der Waals surface area contributed by atoms with E-state index in [9.17, 15) is 8.78 Å². The molecule has 1 heterocycles. The van der Waals surface area contributed by atoms with Gasteiger partial charge in [0.2, 0.25) is 0 Å². The van der Waals surface area contributed by atoms with E-state index in [1.807, 2.05) is 0 Å². The van der Waals surface area contributed by atoms with Crippen LogP contribution in [-0.4, -0.2) is 4.98 Å². The Bertz CT molecular complexity index is 233. The van der Waals surface area contributed by atoms with Gasteiger partial charge in [0.05, 0.1) is 6.20 Å². The number of pyridine rings is 1. The first-order chi connectivity index (χ1) is 4.63. The number of anilines is 1. The molecule has 10 heavy (non-hydrogen) atoms. The molecule has 0 aliphatic heterocycles. The summed E-state index contributed by atoms with van der Waals surface area (Å²) in [6, 6.07) is 0. The van der Waals surface area contributed by atoms with Crippen LogP contribution in [0.1, 0.15) is 5.56 Å². The maximum Gasteiger partial charge on any atom is 0.171 e.